The van der Waals surface area contributed by atoms with Crippen LogP contribution in [0.2, 0.25) is 0 Å². The predicted molar refractivity (Wildman–Crippen MR) is 110 cm³/mol. The first kappa shape index (κ1) is 20.5. The maximum atomic E-state index is 14.3. The third-order valence-electron chi connectivity index (χ3n) is 3.99. The number of carbonyl (C=O) groups excluding carboxylic acids is 2. The molecule has 2 aliphatic heterocycles. The molecule has 1 aromatic carbocycles. The number of aliphatic imine (C=N–C) groups is 1. The number of rotatable bonds is 6. The van der Waals surface area contributed by atoms with Crippen LogP contribution in [0.1, 0.15) is 19.4 Å². The third kappa shape index (κ3) is 3.68. The van der Waals surface area contributed by atoms with Gasteiger partial charge < -0.3 is 9.47 Å². The minimum absolute atomic E-state index is 0.126. The highest BCUT2D eigenvalue weighted by Gasteiger charge is 2.36. The number of benzene rings is 1. The smallest absolute Gasteiger partial charge is 0.348 e. The van der Waals surface area contributed by atoms with E-state index in [1.165, 1.54) is 29.6 Å². The Morgan fingerprint density at radius 2 is 1.89 bits per heavy atom. The molecule has 0 unspecified atom stereocenters. The Kier molecular flexibility index (Phi) is 6.46. The van der Waals surface area contributed by atoms with Gasteiger partial charge in [0.15, 0.2) is 5.57 Å². The van der Waals surface area contributed by atoms with Gasteiger partial charge in [0.2, 0.25) is 0 Å². The number of ether oxygens (including phenoxy) is 2. The monoisotopic (exact) mass is 422 g/mol. The molecule has 6 nitrogen and oxygen atoms in total. The van der Waals surface area contributed by atoms with E-state index in [9.17, 15) is 14.0 Å². The van der Waals surface area contributed by atoms with Crippen LogP contribution < -0.4 is 4.90 Å². The van der Waals surface area contributed by atoms with Crippen molar-refractivity contribution >= 4 is 53.1 Å². The highest BCUT2D eigenvalue weighted by Crippen LogP contribution is 2.48. The summed E-state index contributed by atoms with van der Waals surface area (Å²) in [5.74, 6) is -1.40. The van der Waals surface area contributed by atoms with Gasteiger partial charge in [0.05, 0.1) is 36.5 Å². The van der Waals surface area contributed by atoms with E-state index in [2.05, 4.69) is 4.99 Å². The molecule has 28 heavy (non-hydrogen) atoms. The molecule has 1 aromatic rings. The number of esters is 2. The molecule has 0 fully saturated rings. The van der Waals surface area contributed by atoms with Crippen LogP contribution in [0.25, 0.3) is 0 Å². The zero-order chi connectivity index (χ0) is 20.3. The summed E-state index contributed by atoms with van der Waals surface area (Å²) >= 11 is 2.69. The van der Waals surface area contributed by atoms with Gasteiger partial charge in [0.25, 0.3) is 0 Å². The standard InChI is InChI=1S/C19H19FN2O4S2/c1-4-25-18(23)15(19(24)26-5-2)17-22-11(9-28-17)8-21-16-12(10-27-3)13(20)6-7-14(16)22/h6-9H,4-5,10H2,1-3H3. The van der Waals surface area contributed by atoms with Crippen molar-refractivity contribution in [2.24, 2.45) is 4.99 Å². The Labute approximate surface area is 170 Å². The second-order valence-corrected chi connectivity index (χ2v) is 7.43. The molecule has 0 radical (unpaired) electrons. The Hall–Kier alpha value is -2.26. The lowest BCUT2D eigenvalue weighted by molar-refractivity contribution is -0.146. The lowest BCUT2D eigenvalue weighted by Crippen LogP contribution is -2.27. The van der Waals surface area contributed by atoms with Gasteiger partial charge in [-0.3, -0.25) is 9.89 Å². The Morgan fingerprint density at radius 1 is 1.21 bits per heavy atom. The average molecular weight is 423 g/mol. The summed E-state index contributed by atoms with van der Waals surface area (Å²) in [4.78, 5) is 31.2. The molecule has 0 amide bonds. The van der Waals surface area contributed by atoms with Crippen molar-refractivity contribution in [3.63, 3.8) is 0 Å². The molecular weight excluding hydrogens is 403 g/mol. The molecule has 0 saturated carbocycles. The van der Waals surface area contributed by atoms with Crippen molar-refractivity contribution in [2.75, 3.05) is 24.4 Å². The number of hydrogen-bond donors (Lipinski definition) is 0. The Balaban J connectivity index is 2.16. The number of anilines is 1. The topological polar surface area (TPSA) is 68.2 Å². The third-order valence-corrected chi connectivity index (χ3v) is 5.53. The largest absolute Gasteiger partial charge is 0.462 e. The van der Waals surface area contributed by atoms with Gasteiger partial charge in [-0.25, -0.2) is 14.0 Å². The number of thioether (sulfide) groups is 2. The van der Waals surface area contributed by atoms with Crippen molar-refractivity contribution in [3.05, 3.63) is 45.2 Å². The van der Waals surface area contributed by atoms with Crippen molar-refractivity contribution in [3.8, 4) is 0 Å². The lowest BCUT2D eigenvalue weighted by Gasteiger charge is -2.28. The van der Waals surface area contributed by atoms with E-state index in [-0.39, 0.29) is 24.6 Å². The van der Waals surface area contributed by atoms with Crippen LogP contribution >= 0.6 is 23.5 Å². The molecule has 2 aliphatic rings. The molecule has 0 atom stereocenters. The van der Waals surface area contributed by atoms with Crippen LogP contribution in [0.5, 0.6) is 0 Å². The number of allylic oxidation sites excluding steroid dienone is 1. The SMILES string of the molecule is CCOC(=O)C(C(=O)OCC)=C1SC=C2C=Nc3c(ccc(F)c3CSC)N21. The van der Waals surface area contributed by atoms with E-state index >= 15 is 0 Å². The second-order valence-electron chi connectivity index (χ2n) is 5.70. The molecular formula is C19H19FN2O4S2. The van der Waals surface area contributed by atoms with E-state index in [1.54, 1.807) is 36.4 Å². The molecule has 9 heteroatoms. The van der Waals surface area contributed by atoms with E-state index < -0.39 is 11.9 Å². The summed E-state index contributed by atoms with van der Waals surface area (Å²) in [5.41, 5.74) is 2.06. The fourth-order valence-corrected chi connectivity index (χ4v) is 4.40. The molecule has 0 spiro atoms. The van der Waals surface area contributed by atoms with Gasteiger partial charge in [0.1, 0.15) is 10.8 Å². The van der Waals surface area contributed by atoms with Crippen molar-refractivity contribution in [1.82, 2.24) is 0 Å². The van der Waals surface area contributed by atoms with Gasteiger partial charge in [-0.2, -0.15) is 11.8 Å². The quantitative estimate of drug-likeness (QED) is 0.295. The van der Waals surface area contributed by atoms with Crippen molar-refractivity contribution < 1.29 is 23.5 Å². The van der Waals surface area contributed by atoms with Crippen molar-refractivity contribution in [2.45, 2.75) is 19.6 Å². The van der Waals surface area contributed by atoms with E-state index in [1.807, 2.05) is 6.26 Å². The first-order valence-corrected chi connectivity index (χ1v) is 10.9. The Morgan fingerprint density at radius 3 is 2.50 bits per heavy atom. The summed E-state index contributed by atoms with van der Waals surface area (Å²) in [5, 5.41) is 2.14. The maximum absolute atomic E-state index is 14.3. The second kappa shape index (κ2) is 8.83. The molecule has 0 aliphatic carbocycles. The summed E-state index contributed by atoms with van der Waals surface area (Å²) in [6, 6.07) is 2.97. The molecule has 3 rings (SSSR count). The first-order valence-electron chi connectivity index (χ1n) is 8.63. The summed E-state index contributed by atoms with van der Waals surface area (Å²) in [6.07, 6.45) is 3.48. The van der Waals surface area contributed by atoms with Crippen LogP contribution in [0.4, 0.5) is 15.8 Å². The zero-order valence-electron chi connectivity index (χ0n) is 15.7. The number of carbonyl (C=O) groups is 2. The Bertz CT molecular complexity index is 891. The minimum Gasteiger partial charge on any atom is -0.462 e. The highest BCUT2D eigenvalue weighted by atomic mass is 32.2. The van der Waals surface area contributed by atoms with E-state index in [4.69, 9.17) is 9.47 Å². The molecule has 148 valence electrons. The maximum Gasteiger partial charge on any atom is 0.348 e. The van der Waals surface area contributed by atoms with E-state index in [0.29, 0.717) is 33.4 Å². The van der Waals surface area contributed by atoms with E-state index in [0.717, 1.165) is 0 Å². The number of fused-ring (bicyclic) bond motifs is 3. The molecule has 2 heterocycles. The fraction of sp³-hybridized carbons (Fsp3) is 0.316. The van der Waals surface area contributed by atoms with Crippen LogP contribution in [0.3, 0.4) is 0 Å². The van der Waals surface area contributed by atoms with Gasteiger partial charge in [0, 0.05) is 16.7 Å². The van der Waals surface area contributed by atoms with Gasteiger partial charge in [-0.1, -0.05) is 11.8 Å². The highest BCUT2D eigenvalue weighted by molar-refractivity contribution is 8.06. The van der Waals surface area contributed by atoms with Crippen LogP contribution in [-0.4, -0.2) is 37.6 Å². The molecule has 0 saturated heterocycles. The van der Waals surface area contributed by atoms with Crippen LogP contribution in [0, 0.1) is 5.82 Å². The number of nitrogens with zero attached hydrogens (tertiary/aromatic N) is 2. The summed E-state index contributed by atoms with van der Waals surface area (Å²) in [7, 11) is 0. The van der Waals surface area contributed by atoms with Crippen LogP contribution in [0.15, 0.2) is 38.8 Å². The normalized spacial score (nSPS) is 14.4. The molecule has 0 N–H and O–H groups in total. The molecule has 0 aromatic heterocycles. The van der Waals surface area contributed by atoms with Crippen molar-refractivity contribution in [1.29, 1.82) is 0 Å². The lowest BCUT2D eigenvalue weighted by atomic mass is 10.1. The minimum atomic E-state index is -0.756. The molecule has 0 bridgehead atoms. The fourth-order valence-electron chi connectivity index (χ4n) is 2.85. The van der Waals surface area contributed by atoms with Gasteiger partial charge >= 0.3 is 11.9 Å². The van der Waals surface area contributed by atoms with Crippen LogP contribution in [-0.2, 0) is 24.8 Å². The summed E-state index contributed by atoms with van der Waals surface area (Å²) in [6.45, 7) is 3.58. The number of hydrogen-bond acceptors (Lipinski definition) is 8. The predicted octanol–water partition coefficient (Wildman–Crippen LogP) is 4.14. The first-order chi connectivity index (χ1) is 13.5. The van der Waals surface area contributed by atoms with Gasteiger partial charge in [-0.05, 0) is 32.2 Å². The zero-order valence-corrected chi connectivity index (χ0v) is 17.3. The number of halogens is 1. The average Bonchev–Trinajstić information content (AvgIpc) is 3.08. The van der Waals surface area contributed by atoms with Gasteiger partial charge in [-0.15, -0.1) is 0 Å². The summed E-state index contributed by atoms with van der Waals surface area (Å²) < 4.78 is 24.5.